The highest BCUT2D eigenvalue weighted by atomic mass is 19.1. The molecular formula is C25H22FN3O2. The minimum atomic E-state index is -0.285. The molecule has 6 heteroatoms. The normalized spacial score (nSPS) is 10.6. The molecule has 5 nitrogen and oxygen atoms in total. The lowest BCUT2D eigenvalue weighted by atomic mass is 10.1. The van der Waals surface area contributed by atoms with Gasteiger partial charge in [-0.2, -0.15) is 0 Å². The van der Waals surface area contributed by atoms with E-state index in [1.807, 2.05) is 37.4 Å². The van der Waals surface area contributed by atoms with Crippen LogP contribution in [0.4, 0.5) is 10.1 Å². The summed E-state index contributed by atoms with van der Waals surface area (Å²) in [5, 5.41) is 2.91. The van der Waals surface area contributed by atoms with Gasteiger partial charge in [-0.25, -0.2) is 9.37 Å². The third-order valence-corrected chi connectivity index (χ3v) is 4.90. The van der Waals surface area contributed by atoms with Crippen LogP contribution in [-0.2, 0) is 13.2 Å². The summed E-state index contributed by atoms with van der Waals surface area (Å²) in [6.07, 6.45) is 3.72. The quantitative estimate of drug-likeness (QED) is 0.451. The Morgan fingerprint density at radius 2 is 1.77 bits per heavy atom. The topological polar surface area (TPSA) is 56.2 Å². The number of halogens is 1. The Morgan fingerprint density at radius 3 is 2.48 bits per heavy atom. The number of benzene rings is 3. The number of amides is 1. The van der Waals surface area contributed by atoms with Gasteiger partial charge in [0.25, 0.3) is 5.91 Å². The number of aromatic nitrogens is 2. The first-order valence-corrected chi connectivity index (χ1v) is 9.92. The fraction of sp³-hybridized carbons (Fsp3) is 0.120. The SMILES string of the molecule is Cc1nccn1Cc1ccc(NC(=O)c2cccc(OCc3ccc(F)cc3)c2)cc1. The Kier molecular flexibility index (Phi) is 6.08. The van der Waals surface area contributed by atoms with E-state index >= 15 is 0 Å². The molecule has 156 valence electrons. The van der Waals surface area contributed by atoms with Crippen LogP contribution in [0.15, 0.2) is 85.2 Å². The molecule has 0 aliphatic carbocycles. The summed E-state index contributed by atoms with van der Waals surface area (Å²) in [6, 6.07) is 20.8. The molecule has 4 aromatic rings. The fourth-order valence-electron chi connectivity index (χ4n) is 3.14. The molecule has 0 saturated carbocycles. The van der Waals surface area contributed by atoms with Gasteiger partial charge in [-0.1, -0.05) is 30.3 Å². The minimum absolute atomic E-state index is 0.217. The van der Waals surface area contributed by atoms with Gasteiger partial charge in [-0.05, 0) is 60.5 Å². The summed E-state index contributed by atoms with van der Waals surface area (Å²) < 4.78 is 20.8. The number of rotatable bonds is 7. The molecule has 1 N–H and O–H groups in total. The van der Waals surface area contributed by atoms with Crippen molar-refractivity contribution in [2.24, 2.45) is 0 Å². The summed E-state index contributed by atoms with van der Waals surface area (Å²) >= 11 is 0. The van der Waals surface area contributed by atoms with E-state index in [0.717, 1.165) is 23.5 Å². The first-order valence-electron chi connectivity index (χ1n) is 9.92. The average Bonchev–Trinajstić information content (AvgIpc) is 3.19. The summed E-state index contributed by atoms with van der Waals surface area (Å²) in [7, 11) is 0. The van der Waals surface area contributed by atoms with Crippen LogP contribution in [0.5, 0.6) is 5.75 Å². The van der Waals surface area contributed by atoms with Gasteiger partial charge in [0.1, 0.15) is 24.0 Å². The average molecular weight is 415 g/mol. The molecule has 0 spiro atoms. The number of hydrogen-bond donors (Lipinski definition) is 1. The number of carbonyl (C=O) groups is 1. The number of aryl methyl sites for hydroxylation is 1. The molecule has 1 amide bonds. The fourth-order valence-corrected chi connectivity index (χ4v) is 3.14. The number of anilines is 1. The van der Waals surface area contributed by atoms with Crippen molar-refractivity contribution >= 4 is 11.6 Å². The molecule has 0 bridgehead atoms. The molecular weight excluding hydrogens is 393 g/mol. The Balaban J connectivity index is 1.36. The highest BCUT2D eigenvalue weighted by Gasteiger charge is 2.08. The summed E-state index contributed by atoms with van der Waals surface area (Å²) in [5.74, 6) is 1.03. The van der Waals surface area contributed by atoms with Crippen LogP contribution in [0.3, 0.4) is 0 Å². The van der Waals surface area contributed by atoms with Crippen molar-refractivity contribution < 1.29 is 13.9 Å². The Hall–Kier alpha value is -3.93. The number of ether oxygens (including phenoxy) is 1. The second kappa shape index (κ2) is 9.26. The zero-order valence-electron chi connectivity index (χ0n) is 17.1. The van der Waals surface area contributed by atoms with Crippen molar-refractivity contribution in [3.63, 3.8) is 0 Å². The first-order chi connectivity index (χ1) is 15.1. The molecule has 0 aliphatic heterocycles. The van der Waals surface area contributed by atoms with E-state index in [2.05, 4.69) is 14.9 Å². The lowest BCUT2D eigenvalue weighted by Crippen LogP contribution is -2.12. The third kappa shape index (κ3) is 5.36. The molecule has 1 heterocycles. The van der Waals surface area contributed by atoms with Crippen molar-refractivity contribution in [1.82, 2.24) is 9.55 Å². The monoisotopic (exact) mass is 415 g/mol. The van der Waals surface area contributed by atoms with Crippen molar-refractivity contribution in [3.8, 4) is 5.75 Å². The van der Waals surface area contributed by atoms with E-state index in [9.17, 15) is 9.18 Å². The predicted octanol–water partition coefficient (Wildman–Crippen LogP) is 5.21. The van der Waals surface area contributed by atoms with Crippen LogP contribution < -0.4 is 10.1 Å². The van der Waals surface area contributed by atoms with Crippen LogP contribution >= 0.6 is 0 Å². The van der Waals surface area contributed by atoms with E-state index in [1.165, 1.54) is 12.1 Å². The minimum Gasteiger partial charge on any atom is -0.489 e. The molecule has 0 fully saturated rings. The van der Waals surface area contributed by atoms with Gasteiger partial charge in [0.15, 0.2) is 0 Å². The third-order valence-electron chi connectivity index (χ3n) is 4.90. The van der Waals surface area contributed by atoms with E-state index in [1.54, 1.807) is 42.6 Å². The number of nitrogens with one attached hydrogen (secondary N) is 1. The second-order valence-corrected chi connectivity index (χ2v) is 7.20. The van der Waals surface area contributed by atoms with Crippen LogP contribution in [0, 0.1) is 12.7 Å². The zero-order chi connectivity index (χ0) is 21.6. The van der Waals surface area contributed by atoms with Crippen LogP contribution in [0.25, 0.3) is 0 Å². The molecule has 1 aromatic heterocycles. The van der Waals surface area contributed by atoms with Crippen molar-refractivity contribution in [1.29, 1.82) is 0 Å². The highest BCUT2D eigenvalue weighted by molar-refractivity contribution is 6.04. The largest absolute Gasteiger partial charge is 0.489 e. The number of imidazole rings is 1. The second-order valence-electron chi connectivity index (χ2n) is 7.20. The van der Waals surface area contributed by atoms with E-state index in [-0.39, 0.29) is 11.7 Å². The number of nitrogens with zero attached hydrogens (tertiary/aromatic N) is 2. The standard InChI is InChI=1S/C25H22FN3O2/c1-18-27-13-14-29(18)16-19-7-11-23(12-8-19)28-25(30)21-3-2-4-24(15-21)31-17-20-5-9-22(26)10-6-20/h2-15H,16-17H2,1H3,(H,28,30). The molecule has 31 heavy (non-hydrogen) atoms. The van der Waals surface area contributed by atoms with Crippen LogP contribution in [-0.4, -0.2) is 15.5 Å². The maximum atomic E-state index is 13.0. The molecule has 0 atom stereocenters. The summed E-state index contributed by atoms with van der Waals surface area (Å²) in [6.45, 7) is 2.99. The molecule has 0 aliphatic rings. The maximum absolute atomic E-state index is 13.0. The Labute approximate surface area is 180 Å². The number of carbonyl (C=O) groups excluding carboxylic acids is 1. The van der Waals surface area contributed by atoms with E-state index in [4.69, 9.17) is 4.74 Å². The lowest BCUT2D eigenvalue weighted by molar-refractivity contribution is 0.102. The van der Waals surface area contributed by atoms with Gasteiger partial charge in [-0.3, -0.25) is 4.79 Å². The Bertz CT molecular complexity index is 1170. The van der Waals surface area contributed by atoms with Crippen LogP contribution in [0.2, 0.25) is 0 Å². The molecule has 4 rings (SSSR count). The zero-order valence-corrected chi connectivity index (χ0v) is 17.1. The van der Waals surface area contributed by atoms with E-state index < -0.39 is 0 Å². The predicted molar refractivity (Wildman–Crippen MR) is 118 cm³/mol. The van der Waals surface area contributed by atoms with Gasteiger partial charge < -0.3 is 14.6 Å². The van der Waals surface area contributed by atoms with E-state index in [0.29, 0.717) is 23.6 Å². The number of hydrogen-bond acceptors (Lipinski definition) is 3. The molecule has 0 radical (unpaired) electrons. The lowest BCUT2D eigenvalue weighted by Gasteiger charge is -2.10. The summed E-state index contributed by atoms with van der Waals surface area (Å²) in [4.78, 5) is 16.9. The van der Waals surface area contributed by atoms with Crippen LogP contribution in [0.1, 0.15) is 27.3 Å². The van der Waals surface area contributed by atoms with Crippen molar-refractivity contribution in [2.45, 2.75) is 20.1 Å². The first kappa shape index (κ1) is 20.3. The van der Waals surface area contributed by atoms with Crippen molar-refractivity contribution in [2.75, 3.05) is 5.32 Å². The van der Waals surface area contributed by atoms with Gasteiger partial charge in [0, 0.05) is 30.2 Å². The van der Waals surface area contributed by atoms with Gasteiger partial charge in [0.05, 0.1) is 0 Å². The van der Waals surface area contributed by atoms with Gasteiger partial charge >= 0.3 is 0 Å². The van der Waals surface area contributed by atoms with Crippen molar-refractivity contribution in [3.05, 3.63) is 114 Å². The molecule has 0 unspecified atom stereocenters. The van der Waals surface area contributed by atoms with Gasteiger partial charge in [-0.15, -0.1) is 0 Å². The smallest absolute Gasteiger partial charge is 0.255 e. The van der Waals surface area contributed by atoms with Gasteiger partial charge in [0.2, 0.25) is 0 Å². The molecule has 3 aromatic carbocycles. The highest BCUT2D eigenvalue weighted by Crippen LogP contribution is 2.18. The summed E-state index contributed by atoms with van der Waals surface area (Å²) in [5.41, 5.74) is 3.18. The molecule has 0 saturated heterocycles. The maximum Gasteiger partial charge on any atom is 0.255 e. The Morgan fingerprint density at radius 1 is 1.03 bits per heavy atom.